The Hall–Kier alpha value is -2.36. The van der Waals surface area contributed by atoms with Gasteiger partial charge < -0.3 is 4.74 Å². The first-order valence-electron chi connectivity index (χ1n) is 5.91. The molecule has 0 bridgehead atoms. The predicted octanol–water partition coefficient (Wildman–Crippen LogP) is 2.24. The first-order chi connectivity index (χ1) is 9.02. The van der Waals surface area contributed by atoms with Gasteiger partial charge in [-0.05, 0) is 43.2 Å². The van der Waals surface area contributed by atoms with Gasteiger partial charge in [0.25, 0.3) is 5.56 Å². The standard InChI is InChI=1S/C15H15NO3/c1-10-4-5-13(8-11(10)2)16-7-6-12(9-14(16)17)15(18)19-3/h4-9H,1-3H3. The van der Waals surface area contributed by atoms with Gasteiger partial charge in [0.05, 0.1) is 12.7 Å². The molecule has 0 N–H and O–H groups in total. The van der Waals surface area contributed by atoms with Crippen molar-refractivity contribution in [2.24, 2.45) is 0 Å². The summed E-state index contributed by atoms with van der Waals surface area (Å²) in [4.78, 5) is 23.4. The number of nitrogens with zero attached hydrogens (tertiary/aromatic N) is 1. The summed E-state index contributed by atoms with van der Waals surface area (Å²) >= 11 is 0. The summed E-state index contributed by atoms with van der Waals surface area (Å²) in [5, 5.41) is 0. The van der Waals surface area contributed by atoms with Crippen molar-refractivity contribution >= 4 is 5.97 Å². The number of carbonyl (C=O) groups excluding carboxylic acids is 1. The largest absolute Gasteiger partial charge is 0.465 e. The zero-order valence-corrected chi connectivity index (χ0v) is 11.1. The van der Waals surface area contributed by atoms with E-state index >= 15 is 0 Å². The Morgan fingerprint density at radius 1 is 1.11 bits per heavy atom. The van der Waals surface area contributed by atoms with Crippen LogP contribution in [0.5, 0.6) is 0 Å². The molecule has 4 nitrogen and oxygen atoms in total. The number of esters is 1. The molecule has 19 heavy (non-hydrogen) atoms. The number of ether oxygens (including phenoxy) is 1. The molecule has 2 aromatic rings. The number of pyridine rings is 1. The SMILES string of the molecule is COC(=O)c1ccn(-c2ccc(C)c(C)c2)c(=O)c1. The summed E-state index contributed by atoms with van der Waals surface area (Å²) in [6.45, 7) is 4.01. The van der Waals surface area contributed by atoms with Crippen LogP contribution in [0.15, 0.2) is 41.3 Å². The monoisotopic (exact) mass is 257 g/mol. The topological polar surface area (TPSA) is 48.3 Å². The van der Waals surface area contributed by atoms with Crippen molar-refractivity contribution < 1.29 is 9.53 Å². The molecule has 0 saturated heterocycles. The third-order valence-electron chi connectivity index (χ3n) is 3.11. The van der Waals surface area contributed by atoms with Crippen LogP contribution in [0.25, 0.3) is 5.69 Å². The molecule has 0 saturated carbocycles. The van der Waals surface area contributed by atoms with Crippen molar-refractivity contribution in [1.82, 2.24) is 4.57 Å². The number of aromatic nitrogens is 1. The average molecular weight is 257 g/mol. The molecule has 0 fully saturated rings. The highest BCUT2D eigenvalue weighted by Gasteiger charge is 2.08. The van der Waals surface area contributed by atoms with Gasteiger partial charge in [-0.2, -0.15) is 0 Å². The maximum absolute atomic E-state index is 12.0. The summed E-state index contributed by atoms with van der Waals surface area (Å²) < 4.78 is 6.08. The van der Waals surface area contributed by atoms with Crippen LogP contribution in [0.3, 0.4) is 0 Å². The van der Waals surface area contributed by atoms with Crippen molar-refractivity contribution in [2.75, 3.05) is 7.11 Å². The minimum atomic E-state index is -0.510. The zero-order chi connectivity index (χ0) is 14.0. The molecule has 1 aromatic carbocycles. The molecule has 0 spiro atoms. The molecule has 0 unspecified atom stereocenters. The Morgan fingerprint density at radius 2 is 1.84 bits per heavy atom. The Balaban J connectivity index is 2.49. The van der Waals surface area contributed by atoms with E-state index in [1.807, 2.05) is 32.0 Å². The zero-order valence-electron chi connectivity index (χ0n) is 11.1. The van der Waals surface area contributed by atoms with E-state index < -0.39 is 5.97 Å². The fourth-order valence-corrected chi connectivity index (χ4v) is 1.81. The fourth-order valence-electron chi connectivity index (χ4n) is 1.81. The lowest BCUT2D eigenvalue weighted by Crippen LogP contribution is -2.19. The van der Waals surface area contributed by atoms with Crippen LogP contribution in [0.4, 0.5) is 0 Å². The number of benzene rings is 1. The second-order valence-corrected chi connectivity index (χ2v) is 4.38. The second kappa shape index (κ2) is 5.10. The van der Waals surface area contributed by atoms with E-state index in [2.05, 4.69) is 4.74 Å². The Labute approximate surface area is 111 Å². The average Bonchev–Trinajstić information content (AvgIpc) is 2.41. The highest BCUT2D eigenvalue weighted by Crippen LogP contribution is 2.12. The molecule has 2 rings (SSSR count). The fraction of sp³-hybridized carbons (Fsp3) is 0.200. The van der Waals surface area contributed by atoms with Crippen molar-refractivity contribution in [3.63, 3.8) is 0 Å². The minimum Gasteiger partial charge on any atom is -0.465 e. The van der Waals surface area contributed by atoms with Crippen molar-refractivity contribution in [1.29, 1.82) is 0 Å². The number of methoxy groups -OCH3 is 1. The normalized spacial score (nSPS) is 10.3. The van der Waals surface area contributed by atoms with E-state index in [9.17, 15) is 9.59 Å². The van der Waals surface area contributed by atoms with Gasteiger partial charge in [0.2, 0.25) is 0 Å². The van der Waals surface area contributed by atoms with Crippen LogP contribution in [0, 0.1) is 13.8 Å². The van der Waals surface area contributed by atoms with Gasteiger partial charge in [-0.3, -0.25) is 9.36 Å². The van der Waals surface area contributed by atoms with Gasteiger partial charge in [0, 0.05) is 18.0 Å². The lowest BCUT2D eigenvalue weighted by Gasteiger charge is -2.08. The molecule has 0 atom stereocenters. The van der Waals surface area contributed by atoms with E-state index in [4.69, 9.17) is 0 Å². The van der Waals surface area contributed by atoms with Crippen LogP contribution < -0.4 is 5.56 Å². The molecule has 98 valence electrons. The molecule has 0 aliphatic heterocycles. The van der Waals surface area contributed by atoms with Gasteiger partial charge in [0.1, 0.15) is 0 Å². The lowest BCUT2D eigenvalue weighted by molar-refractivity contribution is 0.0600. The van der Waals surface area contributed by atoms with Gasteiger partial charge in [-0.25, -0.2) is 4.79 Å². The van der Waals surface area contributed by atoms with Crippen LogP contribution in [0.1, 0.15) is 21.5 Å². The molecular formula is C15H15NO3. The highest BCUT2D eigenvalue weighted by molar-refractivity contribution is 5.89. The lowest BCUT2D eigenvalue weighted by atomic mass is 10.1. The summed E-state index contributed by atoms with van der Waals surface area (Å²) in [5.41, 5.74) is 3.06. The molecule has 0 aliphatic rings. The number of hydrogen-bond acceptors (Lipinski definition) is 3. The Morgan fingerprint density at radius 3 is 2.42 bits per heavy atom. The third kappa shape index (κ3) is 2.57. The number of carbonyl (C=O) groups is 1. The van der Waals surface area contributed by atoms with E-state index in [-0.39, 0.29) is 11.1 Å². The van der Waals surface area contributed by atoms with E-state index in [0.717, 1.165) is 11.3 Å². The first kappa shape index (κ1) is 13.1. The van der Waals surface area contributed by atoms with Crippen LogP contribution in [-0.4, -0.2) is 17.6 Å². The van der Waals surface area contributed by atoms with E-state index in [1.165, 1.54) is 23.3 Å². The van der Waals surface area contributed by atoms with Crippen molar-refractivity contribution in [3.8, 4) is 5.69 Å². The maximum Gasteiger partial charge on any atom is 0.338 e. The van der Waals surface area contributed by atoms with E-state index in [1.54, 1.807) is 12.3 Å². The molecule has 0 radical (unpaired) electrons. The number of hydrogen-bond donors (Lipinski definition) is 0. The molecule has 0 amide bonds. The highest BCUT2D eigenvalue weighted by atomic mass is 16.5. The minimum absolute atomic E-state index is 0.257. The van der Waals surface area contributed by atoms with Gasteiger partial charge in [-0.15, -0.1) is 0 Å². The van der Waals surface area contributed by atoms with Gasteiger partial charge in [-0.1, -0.05) is 6.07 Å². The summed E-state index contributed by atoms with van der Waals surface area (Å²) in [5.74, 6) is -0.510. The first-order valence-corrected chi connectivity index (χ1v) is 5.91. The van der Waals surface area contributed by atoms with E-state index in [0.29, 0.717) is 0 Å². The van der Waals surface area contributed by atoms with Crippen molar-refractivity contribution in [3.05, 3.63) is 63.6 Å². The van der Waals surface area contributed by atoms with Crippen LogP contribution >= 0.6 is 0 Å². The Kier molecular flexibility index (Phi) is 3.51. The van der Waals surface area contributed by atoms with Crippen molar-refractivity contribution in [2.45, 2.75) is 13.8 Å². The smallest absolute Gasteiger partial charge is 0.338 e. The molecule has 1 heterocycles. The van der Waals surface area contributed by atoms with Gasteiger partial charge in [0.15, 0.2) is 0 Å². The molecule has 4 heteroatoms. The molecule has 0 aliphatic carbocycles. The summed E-state index contributed by atoms with van der Waals surface area (Å²) in [6, 6.07) is 8.63. The Bertz CT molecular complexity index is 686. The summed E-state index contributed by atoms with van der Waals surface area (Å²) in [6.07, 6.45) is 1.58. The van der Waals surface area contributed by atoms with Gasteiger partial charge >= 0.3 is 5.97 Å². The third-order valence-corrected chi connectivity index (χ3v) is 3.11. The van der Waals surface area contributed by atoms with Crippen LogP contribution in [-0.2, 0) is 4.74 Å². The molecule has 1 aromatic heterocycles. The maximum atomic E-state index is 12.0. The molecular weight excluding hydrogens is 242 g/mol. The summed E-state index contributed by atoms with van der Waals surface area (Å²) in [7, 11) is 1.29. The number of rotatable bonds is 2. The second-order valence-electron chi connectivity index (χ2n) is 4.38. The quantitative estimate of drug-likeness (QED) is 0.775. The predicted molar refractivity (Wildman–Crippen MR) is 72.9 cm³/mol. The van der Waals surface area contributed by atoms with Crippen LogP contribution in [0.2, 0.25) is 0 Å². The number of aryl methyl sites for hydroxylation is 2.